The van der Waals surface area contributed by atoms with Crippen LogP contribution in [0.5, 0.6) is 5.75 Å². The molecule has 0 bridgehead atoms. The van der Waals surface area contributed by atoms with Crippen LogP contribution in [0.3, 0.4) is 0 Å². The molecule has 1 aromatic carbocycles. The molecule has 20 heavy (non-hydrogen) atoms. The number of aromatic carboxylic acids is 1. The number of thioether (sulfide) groups is 1. The van der Waals surface area contributed by atoms with Gasteiger partial charge in [-0.1, -0.05) is 12.1 Å². The lowest BCUT2D eigenvalue weighted by molar-refractivity contribution is 0.0698. The highest BCUT2D eigenvalue weighted by atomic mass is 32.2. The van der Waals surface area contributed by atoms with Crippen molar-refractivity contribution in [2.45, 2.75) is 11.8 Å². The zero-order valence-electron chi connectivity index (χ0n) is 10.8. The van der Waals surface area contributed by atoms with Crippen molar-refractivity contribution in [3.63, 3.8) is 0 Å². The summed E-state index contributed by atoms with van der Waals surface area (Å²) in [5.74, 6) is -0.307. The molecular formula is C14H13FO3S2. The zero-order valence-corrected chi connectivity index (χ0v) is 12.4. The lowest BCUT2D eigenvalue weighted by atomic mass is 10.3. The van der Waals surface area contributed by atoms with Gasteiger partial charge in [0.05, 0.1) is 6.61 Å². The number of carboxylic acids is 1. The van der Waals surface area contributed by atoms with Crippen molar-refractivity contribution in [1.29, 1.82) is 0 Å². The molecule has 0 atom stereocenters. The van der Waals surface area contributed by atoms with Gasteiger partial charge in [-0.15, -0.1) is 23.1 Å². The van der Waals surface area contributed by atoms with Crippen molar-refractivity contribution < 1.29 is 19.0 Å². The Bertz CT molecular complexity index is 610. The Balaban J connectivity index is 1.88. The van der Waals surface area contributed by atoms with Gasteiger partial charge in [-0.2, -0.15) is 0 Å². The van der Waals surface area contributed by atoms with Gasteiger partial charge in [-0.05, 0) is 25.1 Å². The topological polar surface area (TPSA) is 46.5 Å². The minimum absolute atomic E-state index is 0.207. The number of benzene rings is 1. The molecule has 0 aliphatic heterocycles. The number of ether oxygens (including phenoxy) is 1. The van der Waals surface area contributed by atoms with E-state index >= 15 is 0 Å². The molecule has 0 unspecified atom stereocenters. The summed E-state index contributed by atoms with van der Waals surface area (Å²) in [5, 5.41) is 9.03. The van der Waals surface area contributed by atoms with E-state index in [2.05, 4.69) is 0 Å². The monoisotopic (exact) mass is 312 g/mol. The van der Waals surface area contributed by atoms with E-state index in [1.165, 1.54) is 29.2 Å². The summed E-state index contributed by atoms with van der Waals surface area (Å²) in [6.07, 6.45) is 0. The van der Waals surface area contributed by atoms with Crippen LogP contribution in [0.25, 0.3) is 0 Å². The summed E-state index contributed by atoms with van der Waals surface area (Å²) in [4.78, 5) is 12.7. The first kappa shape index (κ1) is 14.9. The second-order valence-corrected chi connectivity index (χ2v) is 6.38. The molecule has 1 N–H and O–H groups in total. The molecule has 1 heterocycles. The van der Waals surface area contributed by atoms with Crippen LogP contribution in [-0.2, 0) is 0 Å². The van der Waals surface area contributed by atoms with Crippen LogP contribution in [0, 0.1) is 12.7 Å². The molecule has 0 spiro atoms. The SMILES string of the molecule is Cc1cc(OCCSc2ccccc2F)c(C(=O)O)s1. The first-order valence-electron chi connectivity index (χ1n) is 5.92. The molecule has 0 saturated heterocycles. The van der Waals surface area contributed by atoms with E-state index in [1.54, 1.807) is 24.3 Å². The van der Waals surface area contributed by atoms with Gasteiger partial charge in [0.15, 0.2) is 4.88 Å². The Morgan fingerprint density at radius 1 is 1.45 bits per heavy atom. The number of carbonyl (C=O) groups is 1. The number of hydrogen-bond donors (Lipinski definition) is 1. The van der Waals surface area contributed by atoms with Gasteiger partial charge in [0.25, 0.3) is 0 Å². The fourth-order valence-electron chi connectivity index (χ4n) is 1.61. The number of aryl methyl sites for hydroxylation is 1. The van der Waals surface area contributed by atoms with Crippen LogP contribution in [0.1, 0.15) is 14.5 Å². The van der Waals surface area contributed by atoms with Crippen LogP contribution < -0.4 is 4.74 Å². The third kappa shape index (κ3) is 3.74. The molecule has 0 fully saturated rings. The zero-order chi connectivity index (χ0) is 14.5. The molecule has 6 heteroatoms. The molecule has 3 nitrogen and oxygen atoms in total. The first-order valence-corrected chi connectivity index (χ1v) is 7.72. The summed E-state index contributed by atoms with van der Waals surface area (Å²) >= 11 is 2.53. The summed E-state index contributed by atoms with van der Waals surface area (Å²) in [7, 11) is 0. The molecule has 0 radical (unpaired) electrons. The molecule has 0 saturated carbocycles. The fraction of sp³-hybridized carbons (Fsp3) is 0.214. The summed E-state index contributed by atoms with van der Waals surface area (Å²) < 4.78 is 18.8. The summed E-state index contributed by atoms with van der Waals surface area (Å²) in [5.41, 5.74) is 0. The Morgan fingerprint density at radius 2 is 2.20 bits per heavy atom. The third-order valence-electron chi connectivity index (χ3n) is 2.45. The van der Waals surface area contributed by atoms with Crippen molar-refractivity contribution in [3.05, 3.63) is 45.9 Å². The highest BCUT2D eigenvalue weighted by molar-refractivity contribution is 7.99. The number of thiophene rings is 1. The molecule has 0 aliphatic rings. The maximum Gasteiger partial charge on any atom is 0.349 e. The van der Waals surface area contributed by atoms with E-state index in [9.17, 15) is 9.18 Å². The van der Waals surface area contributed by atoms with E-state index in [0.717, 1.165) is 4.88 Å². The molecular weight excluding hydrogens is 299 g/mol. The van der Waals surface area contributed by atoms with Gasteiger partial charge in [-0.25, -0.2) is 9.18 Å². The van der Waals surface area contributed by atoms with Gasteiger partial charge < -0.3 is 9.84 Å². The Kier molecular flexibility index (Phi) is 5.03. The fourth-order valence-corrected chi connectivity index (χ4v) is 3.17. The number of halogens is 1. The van der Waals surface area contributed by atoms with Gasteiger partial charge >= 0.3 is 5.97 Å². The van der Waals surface area contributed by atoms with Gasteiger partial charge in [0.1, 0.15) is 11.6 Å². The van der Waals surface area contributed by atoms with Gasteiger partial charge in [0, 0.05) is 15.5 Å². The van der Waals surface area contributed by atoms with Crippen LogP contribution in [0.15, 0.2) is 35.2 Å². The van der Waals surface area contributed by atoms with Crippen molar-refractivity contribution >= 4 is 29.1 Å². The predicted molar refractivity (Wildman–Crippen MR) is 78.6 cm³/mol. The Labute approximate surface area is 124 Å². The predicted octanol–water partition coefficient (Wildman–Crippen LogP) is 4.06. The Morgan fingerprint density at radius 3 is 2.90 bits per heavy atom. The largest absolute Gasteiger partial charge is 0.491 e. The highest BCUT2D eigenvalue weighted by Crippen LogP contribution is 2.29. The number of rotatable bonds is 6. The molecule has 106 valence electrons. The minimum atomic E-state index is -0.986. The average Bonchev–Trinajstić information content (AvgIpc) is 2.78. The number of carboxylic acid groups (broad SMARTS) is 1. The Hall–Kier alpha value is -1.53. The molecule has 0 amide bonds. The molecule has 0 aliphatic carbocycles. The standard InChI is InChI=1S/C14H13FO3S2/c1-9-8-11(13(20-9)14(16)17)18-6-7-19-12-5-3-2-4-10(12)15/h2-5,8H,6-7H2,1H3,(H,16,17). The van der Waals surface area contributed by atoms with Gasteiger partial charge in [-0.3, -0.25) is 0 Å². The van der Waals surface area contributed by atoms with Crippen molar-refractivity contribution in [1.82, 2.24) is 0 Å². The van der Waals surface area contributed by atoms with Crippen LogP contribution in [-0.4, -0.2) is 23.4 Å². The van der Waals surface area contributed by atoms with Crippen molar-refractivity contribution in [3.8, 4) is 5.75 Å². The lowest BCUT2D eigenvalue weighted by Crippen LogP contribution is -2.03. The maximum absolute atomic E-state index is 13.4. The summed E-state index contributed by atoms with van der Waals surface area (Å²) in [6.45, 7) is 2.16. The van der Waals surface area contributed by atoms with Crippen molar-refractivity contribution in [2.75, 3.05) is 12.4 Å². The quantitative estimate of drug-likeness (QED) is 0.645. The number of hydrogen-bond acceptors (Lipinski definition) is 4. The maximum atomic E-state index is 13.4. The third-order valence-corrected chi connectivity index (χ3v) is 4.48. The second-order valence-electron chi connectivity index (χ2n) is 3.98. The average molecular weight is 312 g/mol. The smallest absolute Gasteiger partial charge is 0.349 e. The molecule has 2 rings (SSSR count). The van der Waals surface area contributed by atoms with Crippen molar-refractivity contribution in [2.24, 2.45) is 0 Å². The van der Waals surface area contributed by atoms with Gasteiger partial charge in [0.2, 0.25) is 0 Å². The molecule has 2 aromatic rings. The van der Waals surface area contributed by atoms with Crippen LogP contribution >= 0.6 is 23.1 Å². The summed E-state index contributed by atoms with van der Waals surface area (Å²) in [6, 6.07) is 8.24. The van der Waals surface area contributed by atoms with E-state index < -0.39 is 5.97 Å². The lowest BCUT2D eigenvalue weighted by Gasteiger charge is -2.06. The van der Waals surface area contributed by atoms with Crippen LogP contribution in [0.4, 0.5) is 4.39 Å². The first-order chi connectivity index (χ1) is 9.58. The minimum Gasteiger partial charge on any atom is -0.491 e. The molecule has 1 aromatic heterocycles. The highest BCUT2D eigenvalue weighted by Gasteiger charge is 2.15. The van der Waals surface area contributed by atoms with E-state index in [1.807, 2.05) is 6.92 Å². The normalized spacial score (nSPS) is 10.5. The van der Waals surface area contributed by atoms with E-state index in [4.69, 9.17) is 9.84 Å². The van der Waals surface area contributed by atoms with Crippen LogP contribution in [0.2, 0.25) is 0 Å². The van der Waals surface area contributed by atoms with E-state index in [0.29, 0.717) is 23.0 Å². The van der Waals surface area contributed by atoms with E-state index in [-0.39, 0.29) is 10.7 Å². The second kappa shape index (κ2) is 6.76.